The topological polar surface area (TPSA) is 144 Å². The highest BCUT2D eigenvalue weighted by Gasteiger charge is 2.27. The fraction of sp³-hybridized carbons (Fsp3) is 0.273. The van der Waals surface area contributed by atoms with Crippen LogP contribution in [0, 0.1) is 0 Å². The molecule has 11 heteroatoms. The van der Waals surface area contributed by atoms with Crippen molar-refractivity contribution in [2.24, 2.45) is 0 Å². The Kier molecular flexibility index (Phi) is 7.46. The van der Waals surface area contributed by atoms with Crippen LogP contribution in [-0.4, -0.2) is 60.1 Å². The smallest absolute Gasteiger partial charge is 0.330 e. The number of amides is 2. The minimum Gasteiger partial charge on any atom is -0.459 e. The first-order valence-electron chi connectivity index (χ1n) is 10.1. The van der Waals surface area contributed by atoms with Gasteiger partial charge in [0.15, 0.2) is 11.4 Å². The van der Waals surface area contributed by atoms with E-state index in [1.165, 1.54) is 31.1 Å². The largest absolute Gasteiger partial charge is 0.459 e. The lowest BCUT2D eigenvalue weighted by molar-refractivity contribution is -0.119. The Morgan fingerprint density at radius 3 is 2.52 bits per heavy atom. The number of nitrogens with zero attached hydrogens (tertiary/aromatic N) is 3. The Balaban J connectivity index is 1.95. The van der Waals surface area contributed by atoms with Crippen LogP contribution >= 0.6 is 0 Å². The van der Waals surface area contributed by atoms with E-state index in [2.05, 4.69) is 4.98 Å². The molecular formula is C22H25N5O6. The average Bonchev–Trinajstić information content (AvgIpc) is 3.33. The Morgan fingerprint density at radius 2 is 1.88 bits per heavy atom. The number of rotatable bonds is 9. The van der Waals surface area contributed by atoms with Gasteiger partial charge in [-0.1, -0.05) is 30.3 Å². The van der Waals surface area contributed by atoms with Gasteiger partial charge in [-0.3, -0.25) is 23.9 Å². The van der Waals surface area contributed by atoms with Gasteiger partial charge in [0.2, 0.25) is 5.91 Å². The molecule has 2 amide bonds. The van der Waals surface area contributed by atoms with E-state index in [0.29, 0.717) is 0 Å². The minimum absolute atomic E-state index is 0.0189. The third-order valence-corrected chi connectivity index (χ3v) is 4.94. The summed E-state index contributed by atoms with van der Waals surface area (Å²) in [6.45, 7) is -0.189. The van der Waals surface area contributed by atoms with Gasteiger partial charge in [-0.2, -0.15) is 0 Å². The standard InChI is InChI=1S/C22H25N5O6/c1-25(21(30)16-9-6-11-33-16)14-17(28)26(10-12-32-2)18-19(23)27(22(31)24-20(18)29)13-15-7-4-3-5-8-15/h3-9,11H,10,12-14,23H2,1-2H3,(H,24,29,31). The summed E-state index contributed by atoms with van der Waals surface area (Å²) in [5, 5.41) is 0. The summed E-state index contributed by atoms with van der Waals surface area (Å²) >= 11 is 0. The highest BCUT2D eigenvalue weighted by molar-refractivity contribution is 6.00. The van der Waals surface area contributed by atoms with Crippen LogP contribution < -0.4 is 21.9 Å². The Labute approximate surface area is 189 Å². The highest BCUT2D eigenvalue weighted by Crippen LogP contribution is 2.18. The van der Waals surface area contributed by atoms with Crippen LogP contribution in [0.3, 0.4) is 0 Å². The highest BCUT2D eigenvalue weighted by atomic mass is 16.5. The van der Waals surface area contributed by atoms with Crippen molar-refractivity contribution in [3.63, 3.8) is 0 Å². The summed E-state index contributed by atoms with van der Waals surface area (Å²) in [4.78, 5) is 55.2. The molecule has 0 saturated heterocycles. The fourth-order valence-electron chi connectivity index (χ4n) is 3.25. The number of carbonyl (C=O) groups is 2. The molecule has 2 aromatic heterocycles. The van der Waals surface area contributed by atoms with Crippen molar-refractivity contribution in [3.05, 3.63) is 80.9 Å². The van der Waals surface area contributed by atoms with Crippen molar-refractivity contribution >= 4 is 23.3 Å². The molecule has 0 fully saturated rings. The number of H-pyrrole nitrogens is 1. The number of carbonyl (C=O) groups excluding carboxylic acids is 2. The van der Waals surface area contributed by atoms with Gasteiger partial charge in [-0.25, -0.2) is 4.79 Å². The molecule has 11 nitrogen and oxygen atoms in total. The van der Waals surface area contributed by atoms with Crippen molar-refractivity contribution < 1.29 is 18.7 Å². The number of nitrogen functional groups attached to an aromatic ring is 1. The number of ether oxygens (including phenoxy) is 1. The molecule has 2 heterocycles. The van der Waals surface area contributed by atoms with Gasteiger partial charge in [-0.15, -0.1) is 0 Å². The van der Waals surface area contributed by atoms with E-state index in [4.69, 9.17) is 14.9 Å². The summed E-state index contributed by atoms with van der Waals surface area (Å²) in [6, 6.07) is 12.1. The summed E-state index contributed by atoms with van der Waals surface area (Å²) in [5.41, 5.74) is 5.30. The zero-order chi connectivity index (χ0) is 24.0. The zero-order valence-corrected chi connectivity index (χ0v) is 18.3. The molecule has 0 radical (unpaired) electrons. The Bertz CT molecular complexity index is 1220. The molecule has 0 aliphatic heterocycles. The van der Waals surface area contributed by atoms with Gasteiger partial charge >= 0.3 is 5.69 Å². The number of likely N-dealkylation sites (N-methyl/N-ethyl adjacent to an activating group) is 1. The molecule has 174 valence electrons. The molecule has 3 rings (SSSR count). The molecule has 0 aliphatic carbocycles. The lowest BCUT2D eigenvalue weighted by Gasteiger charge is -2.26. The summed E-state index contributed by atoms with van der Waals surface area (Å²) in [6.07, 6.45) is 1.35. The van der Waals surface area contributed by atoms with E-state index < -0.39 is 23.1 Å². The van der Waals surface area contributed by atoms with Crippen LogP contribution in [0.2, 0.25) is 0 Å². The molecule has 0 saturated carbocycles. The van der Waals surface area contributed by atoms with E-state index in [1.54, 1.807) is 18.2 Å². The van der Waals surface area contributed by atoms with Gasteiger partial charge in [0.05, 0.1) is 19.4 Å². The summed E-state index contributed by atoms with van der Waals surface area (Å²) < 4.78 is 11.3. The second-order valence-electron chi connectivity index (χ2n) is 7.24. The Morgan fingerprint density at radius 1 is 1.15 bits per heavy atom. The van der Waals surface area contributed by atoms with Gasteiger partial charge in [0, 0.05) is 20.7 Å². The predicted molar refractivity (Wildman–Crippen MR) is 121 cm³/mol. The van der Waals surface area contributed by atoms with Gasteiger partial charge in [0.25, 0.3) is 11.5 Å². The summed E-state index contributed by atoms with van der Waals surface area (Å²) in [7, 11) is 2.88. The van der Waals surface area contributed by atoms with Crippen LogP contribution in [0.25, 0.3) is 0 Å². The number of hydrogen-bond acceptors (Lipinski definition) is 7. The number of anilines is 2. The van der Waals surface area contributed by atoms with E-state index in [-0.39, 0.29) is 43.5 Å². The van der Waals surface area contributed by atoms with E-state index >= 15 is 0 Å². The first-order valence-corrected chi connectivity index (χ1v) is 10.1. The van der Waals surface area contributed by atoms with Crippen molar-refractivity contribution in [2.45, 2.75) is 6.54 Å². The quantitative estimate of drug-likeness (QED) is 0.478. The lowest BCUT2D eigenvalue weighted by Crippen LogP contribution is -2.46. The van der Waals surface area contributed by atoms with Gasteiger partial charge in [-0.05, 0) is 17.7 Å². The normalized spacial score (nSPS) is 10.7. The number of aromatic amines is 1. The molecular weight excluding hydrogens is 430 g/mol. The average molecular weight is 455 g/mol. The van der Waals surface area contributed by atoms with Crippen molar-refractivity contribution in [1.82, 2.24) is 14.5 Å². The monoisotopic (exact) mass is 455 g/mol. The number of nitrogens with two attached hydrogens (primary N) is 1. The number of furan rings is 1. The van der Waals surface area contributed by atoms with Crippen molar-refractivity contribution in [3.8, 4) is 0 Å². The summed E-state index contributed by atoms with van der Waals surface area (Å²) in [5.74, 6) is -1.19. The molecule has 0 aliphatic rings. The molecule has 3 N–H and O–H groups in total. The van der Waals surface area contributed by atoms with Crippen LogP contribution in [0.1, 0.15) is 16.1 Å². The van der Waals surface area contributed by atoms with Gasteiger partial charge < -0.3 is 24.7 Å². The minimum atomic E-state index is -0.814. The van der Waals surface area contributed by atoms with Crippen LogP contribution in [0.15, 0.2) is 62.7 Å². The maximum atomic E-state index is 13.1. The van der Waals surface area contributed by atoms with Gasteiger partial charge in [0.1, 0.15) is 12.4 Å². The fourth-order valence-corrected chi connectivity index (χ4v) is 3.25. The van der Waals surface area contributed by atoms with Crippen molar-refractivity contribution in [2.75, 3.05) is 44.5 Å². The molecule has 0 unspecified atom stereocenters. The zero-order valence-electron chi connectivity index (χ0n) is 18.3. The third-order valence-electron chi connectivity index (χ3n) is 4.94. The molecule has 0 bridgehead atoms. The number of aromatic nitrogens is 2. The molecule has 33 heavy (non-hydrogen) atoms. The predicted octanol–water partition coefficient (Wildman–Crippen LogP) is 0.512. The molecule has 0 atom stereocenters. The van der Waals surface area contributed by atoms with Crippen LogP contribution in [0.4, 0.5) is 11.5 Å². The number of hydrogen-bond donors (Lipinski definition) is 2. The number of benzene rings is 1. The lowest BCUT2D eigenvalue weighted by atomic mass is 10.2. The van der Waals surface area contributed by atoms with E-state index in [1.807, 2.05) is 18.2 Å². The first-order chi connectivity index (χ1) is 15.8. The number of methoxy groups -OCH3 is 1. The third kappa shape index (κ3) is 5.39. The van der Waals surface area contributed by atoms with Crippen LogP contribution in [-0.2, 0) is 16.1 Å². The maximum Gasteiger partial charge on any atom is 0.330 e. The van der Waals surface area contributed by atoms with Crippen molar-refractivity contribution in [1.29, 1.82) is 0 Å². The molecule has 3 aromatic rings. The van der Waals surface area contributed by atoms with Crippen LogP contribution in [0.5, 0.6) is 0 Å². The molecule has 1 aromatic carbocycles. The van der Waals surface area contributed by atoms with E-state index in [0.717, 1.165) is 15.4 Å². The first kappa shape index (κ1) is 23.5. The Hall–Kier alpha value is -4.12. The second kappa shape index (κ2) is 10.5. The van der Waals surface area contributed by atoms with E-state index in [9.17, 15) is 19.2 Å². The number of nitrogens with one attached hydrogen (secondary N) is 1. The second-order valence-corrected chi connectivity index (χ2v) is 7.24. The maximum absolute atomic E-state index is 13.1. The molecule has 0 spiro atoms. The SMILES string of the molecule is COCCN(C(=O)CN(C)C(=O)c1ccco1)c1c(N)n(Cc2ccccc2)c(=O)[nH]c1=O.